The van der Waals surface area contributed by atoms with Crippen LogP contribution in [0.15, 0.2) is 18.2 Å². The van der Waals surface area contributed by atoms with E-state index in [0.717, 1.165) is 6.07 Å². The molecule has 2 rings (SSSR count). The van der Waals surface area contributed by atoms with Crippen molar-refractivity contribution in [2.75, 3.05) is 19.6 Å². The minimum Gasteiger partial charge on any atom is -0.350 e. The quantitative estimate of drug-likeness (QED) is 0.887. The van der Waals surface area contributed by atoms with Crippen LogP contribution in [0, 0.1) is 11.6 Å². The van der Waals surface area contributed by atoms with Crippen molar-refractivity contribution in [3.05, 3.63) is 35.4 Å². The first-order valence-corrected chi connectivity index (χ1v) is 7.11. The highest BCUT2D eigenvalue weighted by molar-refractivity contribution is 5.77. The Labute approximate surface area is 127 Å². The molecule has 1 aliphatic rings. The van der Waals surface area contributed by atoms with Gasteiger partial charge in [-0.1, -0.05) is 13.0 Å². The van der Waals surface area contributed by atoms with Crippen LogP contribution in [0.1, 0.15) is 25.3 Å². The van der Waals surface area contributed by atoms with E-state index < -0.39 is 11.6 Å². The number of likely N-dealkylation sites (tertiary alicyclic amines) is 1. The molecule has 0 unspecified atom stereocenters. The molecule has 0 aromatic heterocycles. The zero-order chi connectivity index (χ0) is 16.3. The molecular formula is C15H19F2N3O2. The number of amides is 3. The third kappa shape index (κ3) is 3.93. The lowest BCUT2D eigenvalue weighted by Gasteiger charge is -2.39. The van der Waals surface area contributed by atoms with Crippen molar-refractivity contribution in [1.29, 1.82) is 0 Å². The summed E-state index contributed by atoms with van der Waals surface area (Å²) in [5.74, 6) is -1.62. The monoisotopic (exact) mass is 311 g/mol. The SMILES string of the molecule is CC(=O)NC1CN(C(=O)NC[C@@H](C)c2ccc(F)cc2F)C1. The molecule has 2 N–H and O–H groups in total. The molecule has 22 heavy (non-hydrogen) atoms. The van der Waals surface area contributed by atoms with Gasteiger partial charge in [-0.25, -0.2) is 13.6 Å². The van der Waals surface area contributed by atoms with E-state index in [0.29, 0.717) is 18.7 Å². The smallest absolute Gasteiger partial charge is 0.317 e. The zero-order valence-corrected chi connectivity index (χ0v) is 12.5. The van der Waals surface area contributed by atoms with Gasteiger partial charge in [-0.3, -0.25) is 4.79 Å². The minimum atomic E-state index is -0.623. The fourth-order valence-corrected chi connectivity index (χ4v) is 2.39. The van der Waals surface area contributed by atoms with E-state index in [4.69, 9.17) is 0 Å². The lowest BCUT2D eigenvalue weighted by atomic mass is 10.0. The van der Waals surface area contributed by atoms with Gasteiger partial charge in [-0.2, -0.15) is 0 Å². The highest BCUT2D eigenvalue weighted by atomic mass is 19.1. The fourth-order valence-electron chi connectivity index (χ4n) is 2.39. The molecule has 7 heteroatoms. The van der Waals surface area contributed by atoms with Gasteiger partial charge in [0.05, 0.1) is 6.04 Å². The average molecular weight is 311 g/mol. The molecule has 0 spiro atoms. The van der Waals surface area contributed by atoms with Gasteiger partial charge in [0.2, 0.25) is 5.91 Å². The molecule has 0 aliphatic carbocycles. The molecule has 1 aromatic carbocycles. The van der Waals surface area contributed by atoms with E-state index in [-0.39, 0.29) is 30.4 Å². The largest absolute Gasteiger partial charge is 0.350 e. The molecule has 120 valence electrons. The van der Waals surface area contributed by atoms with Crippen molar-refractivity contribution >= 4 is 11.9 Å². The van der Waals surface area contributed by atoms with Crippen LogP contribution in [-0.2, 0) is 4.79 Å². The summed E-state index contributed by atoms with van der Waals surface area (Å²) >= 11 is 0. The Balaban J connectivity index is 1.78. The second-order valence-electron chi connectivity index (χ2n) is 5.56. The van der Waals surface area contributed by atoms with Crippen molar-refractivity contribution in [3.63, 3.8) is 0 Å². The molecule has 1 aliphatic heterocycles. The van der Waals surface area contributed by atoms with E-state index >= 15 is 0 Å². The molecule has 0 radical (unpaired) electrons. The fraction of sp³-hybridized carbons (Fsp3) is 0.467. The predicted molar refractivity (Wildman–Crippen MR) is 77.3 cm³/mol. The molecule has 5 nitrogen and oxygen atoms in total. The second-order valence-corrected chi connectivity index (χ2v) is 5.56. The normalized spacial score (nSPS) is 15.9. The van der Waals surface area contributed by atoms with Crippen molar-refractivity contribution in [1.82, 2.24) is 15.5 Å². The van der Waals surface area contributed by atoms with Gasteiger partial charge >= 0.3 is 6.03 Å². The maximum absolute atomic E-state index is 13.6. The number of benzene rings is 1. The average Bonchev–Trinajstić information content (AvgIpc) is 2.39. The molecule has 0 saturated carbocycles. The predicted octanol–water partition coefficient (Wildman–Crippen LogP) is 1.60. The number of halogens is 2. The highest BCUT2D eigenvalue weighted by Crippen LogP contribution is 2.19. The first kappa shape index (κ1) is 16.2. The third-order valence-corrected chi connectivity index (χ3v) is 3.63. The molecule has 1 fully saturated rings. The molecular weight excluding hydrogens is 292 g/mol. The van der Waals surface area contributed by atoms with Gasteiger partial charge in [-0.05, 0) is 11.6 Å². The van der Waals surface area contributed by atoms with Crippen LogP contribution in [0.5, 0.6) is 0 Å². The Morgan fingerprint density at radius 3 is 2.64 bits per heavy atom. The van der Waals surface area contributed by atoms with E-state index in [2.05, 4.69) is 10.6 Å². The van der Waals surface area contributed by atoms with Crippen LogP contribution in [0.25, 0.3) is 0 Å². The van der Waals surface area contributed by atoms with E-state index in [1.807, 2.05) is 0 Å². The summed E-state index contributed by atoms with van der Waals surface area (Å²) in [5.41, 5.74) is 0.362. The van der Waals surface area contributed by atoms with Crippen LogP contribution in [0.2, 0.25) is 0 Å². The summed E-state index contributed by atoms with van der Waals surface area (Å²) in [6, 6.07) is 3.16. The van der Waals surface area contributed by atoms with Crippen molar-refractivity contribution in [2.45, 2.75) is 25.8 Å². The number of hydrogen-bond donors (Lipinski definition) is 2. The molecule has 1 aromatic rings. The van der Waals surface area contributed by atoms with Crippen molar-refractivity contribution < 1.29 is 18.4 Å². The lowest BCUT2D eigenvalue weighted by Crippen LogP contribution is -2.62. The maximum Gasteiger partial charge on any atom is 0.317 e. The van der Waals surface area contributed by atoms with Gasteiger partial charge in [0.1, 0.15) is 11.6 Å². The first-order chi connectivity index (χ1) is 10.4. The molecule has 1 saturated heterocycles. The van der Waals surface area contributed by atoms with Crippen LogP contribution in [-0.4, -0.2) is 42.5 Å². The summed E-state index contributed by atoms with van der Waals surface area (Å²) in [7, 11) is 0. The Kier molecular flexibility index (Phi) is 4.95. The van der Waals surface area contributed by atoms with E-state index in [1.165, 1.54) is 19.1 Å². The third-order valence-electron chi connectivity index (χ3n) is 3.63. The maximum atomic E-state index is 13.6. The minimum absolute atomic E-state index is 0.00443. The van der Waals surface area contributed by atoms with Crippen molar-refractivity contribution in [3.8, 4) is 0 Å². The summed E-state index contributed by atoms with van der Waals surface area (Å²) in [6.07, 6.45) is 0. The van der Waals surface area contributed by atoms with Crippen LogP contribution in [0.3, 0.4) is 0 Å². The zero-order valence-electron chi connectivity index (χ0n) is 12.5. The van der Waals surface area contributed by atoms with Crippen LogP contribution >= 0.6 is 0 Å². The van der Waals surface area contributed by atoms with E-state index in [9.17, 15) is 18.4 Å². The van der Waals surface area contributed by atoms with E-state index in [1.54, 1.807) is 11.8 Å². The summed E-state index contributed by atoms with van der Waals surface area (Å²) < 4.78 is 26.5. The lowest BCUT2D eigenvalue weighted by molar-refractivity contribution is -0.120. The summed E-state index contributed by atoms with van der Waals surface area (Å²) in [6.45, 7) is 4.37. The number of hydrogen-bond acceptors (Lipinski definition) is 2. The molecule has 1 heterocycles. The van der Waals surface area contributed by atoms with Gasteiger partial charge in [0.15, 0.2) is 0 Å². The summed E-state index contributed by atoms with van der Waals surface area (Å²) in [4.78, 5) is 24.3. The number of carbonyl (C=O) groups excluding carboxylic acids is 2. The second kappa shape index (κ2) is 6.72. The molecule has 0 bridgehead atoms. The number of urea groups is 1. The summed E-state index contributed by atoms with van der Waals surface area (Å²) in [5, 5.41) is 5.43. The van der Waals surface area contributed by atoms with Gasteiger partial charge in [-0.15, -0.1) is 0 Å². The number of nitrogens with one attached hydrogen (secondary N) is 2. The molecule has 1 atom stereocenters. The standard InChI is InChI=1S/C15H19F2N3O2/c1-9(13-4-3-11(16)5-14(13)17)6-18-15(22)20-7-12(8-20)19-10(2)21/h3-5,9,12H,6-8H2,1-2H3,(H,18,22)(H,19,21)/t9-/m1/s1. The number of rotatable bonds is 4. The Morgan fingerprint density at radius 2 is 2.05 bits per heavy atom. The van der Waals surface area contributed by atoms with Gasteiger partial charge in [0, 0.05) is 38.5 Å². The van der Waals surface area contributed by atoms with Gasteiger partial charge < -0.3 is 15.5 Å². The first-order valence-electron chi connectivity index (χ1n) is 7.11. The topological polar surface area (TPSA) is 61.4 Å². The Bertz CT molecular complexity index is 574. The Morgan fingerprint density at radius 1 is 1.36 bits per heavy atom. The van der Waals surface area contributed by atoms with Crippen LogP contribution in [0.4, 0.5) is 13.6 Å². The highest BCUT2D eigenvalue weighted by Gasteiger charge is 2.31. The molecule has 3 amide bonds. The Hall–Kier alpha value is -2.18. The van der Waals surface area contributed by atoms with Crippen LogP contribution < -0.4 is 10.6 Å². The number of nitrogens with zero attached hydrogens (tertiary/aromatic N) is 1. The number of carbonyl (C=O) groups is 2. The van der Waals surface area contributed by atoms with Crippen molar-refractivity contribution in [2.24, 2.45) is 0 Å². The van der Waals surface area contributed by atoms with Gasteiger partial charge in [0.25, 0.3) is 0 Å².